The van der Waals surface area contributed by atoms with Crippen LogP contribution in [-0.4, -0.2) is 64.3 Å². The third-order valence-corrected chi connectivity index (χ3v) is 8.27. The minimum Gasteiger partial charge on any atom is -0.325 e. The summed E-state index contributed by atoms with van der Waals surface area (Å²) < 4.78 is 2.11. The molecule has 3 atom stereocenters. The average Bonchev–Trinajstić information content (AvgIpc) is 3.28. The number of carbonyl (C=O) groups is 3. The molecule has 204 valence electrons. The molecule has 2 aliphatic rings. The van der Waals surface area contributed by atoms with Crippen LogP contribution in [0.1, 0.15) is 48.4 Å². The van der Waals surface area contributed by atoms with Crippen LogP contribution in [0.15, 0.2) is 41.4 Å². The van der Waals surface area contributed by atoms with Crippen molar-refractivity contribution < 1.29 is 14.4 Å². The zero-order valence-corrected chi connectivity index (χ0v) is 24.1. The van der Waals surface area contributed by atoms with Crippen molar-refractivity contribution in [1.29, 1.82) is 0 Å². The van der Waals surface area contributed by atoms with E-state index in [1.165, 1.54) is 11.6 Å². The number of aryl methyl sites for hydroxylation is 2. The second-order valence-corrected chi connectivity index (χ2v) is 11.7. The van der Waals surface area contributed by atoms with E-state index in [4.69, 9.17) is 0 Å². The fourth-order valence-electron chi connectivity index (χ4n) is 5.52. The van der Waals surface area contributed by atoms with Crippen LogP contribution < -0.4 is 5.32 Å². The van der Waals surface area contributed by atoms with Crippen LogP contribution >= 0.6 is 15.9 Å². The topological polar surface area (TPSA) is 136 Å². The Morgan fingerprint density at radius 3 is 2.58 bits per heavy atom. The molecule has 0 unspecified atom stereocenters. The van der Waals surface area contributed by atoms with Crippen molar-refractivity contribution in [3.05, 3.63) is 58.3 Å². The molecular formula is C28H27BrN8O3. The highest BCUT2D eigenvalue weighted by atomic mass is 79.9. The van der Waals surface area contributed by atoms with Gasteiger partial charge in [-0.3, -0.25) is 34.0 Å². The van der Waals surface area contributed by atoms with Gasteiger partial charge in [0.05, 0.1) is 29.3 Å². The van der Waals surface area contributed by atoms with Crippen LogP contribution in [0.2, 0.25) is 0 Å². The number of nitrogens with one attached hydrogen (secondary N) is 1. The molecule has 12 heteroatoms. The molecule has 5 heterocycles. The lowest BCUT2D eigenvalue weighted by molar-refractivity contribution is -0.138. The molecule has 1 saturated heterocycles. The highest BCUT2D eigenvalue weighted by Gasteiger charge is 2.64. The minimum atomic E-state index is -0.629. The zero-order valence-electron chi connectivity index (χ0n) is 22.5. The maximum atomic E-state index is 13.8. The second-order valence-electron chi connectivity index (χ2n) is 10.9. The van der Waals surface area contributed by atoms with E-state index in [0.717, 1.165) is 17.7 Å². The van der Waals surface area contributed by atoms with Crippen molar-refractivity contribution in [2.45, 2.75) is 59.2 Å². The summed E-state index contributed by atoms with van der Waals surface area (Å²) in [5.74, 6) is -0.274. The van der Waals surface area contributed by atoms with Gasteiger partial charge >= 0.3 is 0 Å². The lowest BCUT2D eigenvalue weighted by Crippen LogP contribution is -2.47. The Balaban J connectivity index is 1.29. The molecule has 11 nitrogen and oxygen atoms in total. The number of hydrogen-bond donors (Lipinski definition) is 1. The van der Waals surface area contributed by atoms with Crippen LogP contribution in [0.4, 0.5) is 5.82 Å². The van der Waals surface area contributed by atoms with E-state index in [2.05, 4.69) is 53.2 Å². The third-order valence-electron chi connectivity index (χ3n) is 7.83. The molecule has 1 saturated carbocycles. The van der Waals surface area contributed by atoms with Crippen LogP contribution in [0.3, 0.4) is 0 Å². The minimum absolute atomic E-state index is 0.0220. The fraction of sp³-hybridized carbons (Fsp3) is 0.357. The van der Waals surface area contributed by atoms with Gasteiger partial charge in [-0.2, -0.15) is 5.10 Å². The van der Waals surface area contributed by atoms with Crippen LogP contribution in [0.25, 0.3) is 22.3 Å². The van der Waals surface area contributed by atoms with Gasteiger partial charge in [0, 0.05) is 24.5 Å². The summed E-state index contributed by atoms with van der Waals surface area (Å²) in [6, 6.07) is 4.77. The van der Waals surface area contributed by atoms with Crippen molar-refractivity contribution in [3.8, 4) is 11.4 Å². The van der Waals surface area contributed by atoms with Crippen molar-refractivity contribution in [2.75, 3.05) is 5.32 Å². The molecule has 1 aliphatic carbocycles. The van der Waals surface area contributed by atoms with Gasteiger partial charge in [-0.1, -0.05) is 13.0 Å². The fourth-order valence-corrected chi connectivity index (χ4v) is 5.83. The normalized spacial score (nSPS) is 21.4. The van der Waals surface area contributed by atoms with Gasteiger partial charge in [0.2, 0.25) is 11.8 Å². The molecule has 1 aliphatic heterocycles. The Kier molecular flexibility index (Phi) is 6.25. The number of aromatic nitrogens is 6. The maximum Gasteiger partial charge on any atom is 0.248 e. The number of likely N-dealkylation sites (tertiary alicyclic amines) is 1. The summed E-state index contributed by atoms with van der Waals surface area (Å²) in [7, 11) is 0. The molecule has 0 radical (unpaired) electrons. The van der Waals surface area contributed by atoms with E-state index < -0.39 is 6.04 Å². The molecule has 1 N–H and O–H groups in total. The monoisotopic (exact) mass is 602 g/mol. The predicted molar refractivity (Wildman–Crippen MR) is 150 cm³/mol. The first-order chi connectivity index (χ1) is 19.0. The number of amides is 2. The number of fused-ring (bicyclic) bond motifs is 2. The number of Topliss-reactive ketones (excluding diaryl/α,β-unsaturated/α-hetero) is 1. The largest absolute Gasteiger partial charge is 0.325 e. The molecule has 0 spiro atoms. The number of nitrogens with zero attached hydrogens (tertiary/aromatic N) is 7. The number of piperidine rings is 1. The average molecular weight is 603 g/mol. The first-order valence-corrected chi connectivity index (χ1v) is 13.7. The Hall–Kier alpha value is -4.06. The van der Waals surface area contributed by atoms with Gasteiger partial charge in [-0.25, -0.2) is 4.98 Å². The lowest BCUT2D eigenvalue weighted by atomic mass is 10.0. The van der Waals surface area contributed by atoms with Crippen molar-refractivity contribution in [3.63, 3.8) is 0 Å². The van der Waals surface area contributed by atoms with Crippen LogP contribution in [0.5, 0.6) is 0 Å². The van der Waals surface area contributed by atoms with Gasteiger partial charge in [0.1, 0.15) is 34.4 Å². The first kappa shape index (κ1) is 26.2. The van der Waals surface area contributed by atoms with E-state index in [-0.39, 0.29) is 41.3 Å². The van der Waals surface area contributed by atoms with E-state index in [9.17, 15) is 14.4 Å². The third kappa shape index (κ3) is 4.55. The molecule has 40 heavy (non-hydrogen) atoms. The molecule has 2 fully saturated rings. The van der Waals surface area contributed by atoms with Crippen molar-refractivity contribution in [1.82, 2.24) is 34.6 Å². The van der Waals surface area contributed by atoms with Gasteiger partial charge in [-0.15, -0.1) is 0 Å². The Morgan fingerprint density at radius 1 is 1.07 bits per heavy atom. The number of ketones is 1. The standard InChI is InChI=1S/C28H27BrN8O3/c1-14-5-6-23(29)33-26(14)34-27(40)20-8-28(4)9-22(28)37(20)24(39)13-36-21-12-32-18(19-11-30-15(2)10-31-19)7-17(21)25(35-36)16(3)38/h5-7,10-12,20,22H,8-9,13H2,1-4H3,(H,33,34,40)/t20-,22+,28-/m0/s1. The SMILES string of the molecule is CC(=O)c1nn(CC(=O)N2[C@H](C(=O)Nc3nc(Br)ccc3C)C[C@@]3(C)C[C@@H]23)c2cnc(-c3cnc(C)cn3)cc12. The zero-order chi connectivity index (χ0) is 28.3. The Labute approximate surface area is 238 Å². The number of pyridine rings is 2. The Bertz CT molecular complexity index is 1700. The van der Waals surface area contributed by atoms with Gasteiger partial charge in [0.15, 0.2) is 5.78 Å². The summed E-state index contributed by atoms with van der Waals surface area (Å²) in [5.41, 5.74) is 3.43. The first-order valence-electron chi connectivity index (χ1n) is 13.0. The highest BCUT2D eigenvalue weighted by Crippen LogP contribution is 2.59. The van der Waals surface area contributed by atoms with Crippen LogP contribution in [0, 0.1) is 19.3 Å². The maximum absolute atomic E-state index is 13.8. The number of anilines is 1. The summed E-state index contributed by atoms with van der Waals surface area (Å²) in [5, 5.41) is 7.98. The molecule has 0 bridgehead atoms. The number of carbonyl (C=O) groups excluding carboxylic acids is 3. The van der Waals surface area contributed by atoms with E-state index in [0.29, 0.717) is 39.1 Å². The molecule has 6 rings (SSSR count). The Morgan fingerprint density at radius 2 is 1.85 bits per heavy atom. The van der Waals surface area contributed by atoms with Gasteiger partial charge < -0.3 is 10.2 Å². The summed E-state index contributed by atoms with van der Waals surface area (Å²) in [6.45, 7) is 7.13. The van der Waals surface area contributed by atoms with Crippen molar-refractivity contribution in [2.24, 2.45) is 5.41 Å². The molecular weight excluding hydrogens is 576 g/mol. The molecule has 4 aromatic rings. The van der Waals surface area contributed by atoms with E-state index >= 15 is 0 Å². The summed E-state index contributed by atoms with van der Waals surface area (Å²) in [6.07, 6.45) is 6.29. The quantitative estimate of drug-likeness (QED) is 0.259. The molecule has 0 aromatic carbocycles. The van der Waals surface area contributed by atoms with Crippen LogP contribution in [-0.2, 0) is 16.1 Å². The van der Waals surface area contributed by atoms with Gasteiger partial charge in [-0.05, 0) is 65.7 Å². The van der Waals surface area contributed by atoms with E-state index in [1.807, 2.05) is 26.0 Å². The number of halogens is 1. The summed E-state index contributed by atoms with van der Waals surface area (Å²) >= 11 is 3.35. The summed E-state index contributed by atoms with van der Waals surface area (Å²) in [4.78, 5) is 58.9. The molecule has 4 aromatic heterocycles. The predicted octanol–water partition coefficient (Wildman–Crippen LogP) is 3.88. The molecule has 2 amide bonds. The van der Waals surface area contributed by atoms with Gasteiger partial charge in [0.25, 0.3) is 0 Å². The number of hydrogen-bond acceptors (Lipinski definition) is 8. The second kappa shape index (κ2) is 9.54. The number of rotatable bonds is 6. The lowest BCUT2D eigenvalue weighted by Gasteiger charge is -2.27. The highest BCUT2D eigenvalue weighted by molar-refractivity contribution is 9.10. The van der Waals surface area contributed by atoms with E-state index in [1.54, 1.807) is 29.6 Å². The van der Waals surface area contributed by atoms with Crippen molar-refractivity contribution >= 4 is 50.2 Å². The smallest absolute Gasteiger partial charge is 0.248 e.